The van der Waals surface area contributed by atoms with Gasteiger partial charge in [-0.05, 0) is 93.5 Å². The molecule has 1 aliphatic heterocycles. The fraction of sp³-hybridized carbons (Fsp3) is 0.385. The van der Waals surface area contributed by atoms with Crippen molar-refractivity contribution >= 4 is 41.4 Å². The lowest BCUT2D eigenvalue weighted by molar-refractivity contribution is 0.137. The maximum atomic E-state index is 13.7. The van der Waals surface area contributed by atoms with Crippen molar-refractivity contribution in [3.05, 3.63) is 66.6 Å². The van der Waals surface area contributed by atoms with Gasteiger partial charge >= 0.3 is 8.25 Å². The maximum absolute atomic E-state index is 13.7. The summed E-state index contributed by atoms with van der Waals surface area (Å²) in [5, 5.41) is 6.16. The Labute approximate surface area is 239 Å². The van der Waals surface area contributed by atoms with E-state index in [2.05, 4.69) is 25.5 Å². The van der Waals surface area contributed by atoms with Crippen LogP contribution in [-0.2, 0) is 19.1 Å². The van der Waals surface area contributed by atoms with Gasteiger partial charge in [0.1, 0.15) is 18.2 Å². The number of likely N-dealkylation sites (tertiary alicyclic amines) is 1. The normalized spacial score (nSPS) is 15.2. The van der Waals surface area contributed by atoms with Crippen molar-refractivity contribution in [1.29, 1.82) is 0 Å². The third-order valence-electron chi connectivity index (χ3n) is 6.65. The molecule has 1 fully saturated rings. The monoisotopic (exact) mass is 606 g/mol. The van der Waals surface area contributed by atoms with Crippen LogP contribution >= 0.6 is 8.25 Å². The number of nitrogens with two attached hydrogens (primary N) is 1. The highest BCUT2D eigenvalue weighted by Gasteiger charge is 2.33. The van der Waals surface area contributed by atoms with Gasteiger partial charge in [-0.1, -0.05) is 0 Å². The molecule has 12 nitrogen and oxygen atoms in total. The smallest absolute Gasteiger partial charge is 0.340 e. The van der Waals surface area contributed by atoms with Gasteiger partial charge < -0.3 is 21.3 Å². The number of anilines is 4. The van der Waals surface area contributed by atoms with Gasteiger partial charge in [-0.3, -0.25) is 0 Å². The van der Waals surface area contributed by atoms with E-state index in [9.17, 15) is 17.4 Å². The molecule has 1 aromatic heterocycles. The number of piperidine rings is 1. The summed E-state index contributed by atoms with van der Waals surface area (Å²) < 4.78 is 57.6. The Balaban J connectivity index is 1.40. The van der Waals surface area contributed by atoms with Crippen molar-refractivity contribution in [3.8, 4) is 0 Å². The van der Waals surface area contributed by atoms with Gasteiger partial charge in [-0.2, -0.15) is 9.29 Å². The van der Waals surface area contributed by atoms with E-state index in [-0.39, 0.29) is 23.4 Å². The molecular formula is C26H34FN7O5PS+. The average molecular weight is 607 g/mol. The van der Waals surface area contributed by atoms with Crippen LogP contribution in [0.25, 0.3) is 0 Å². The van der Waals surface area contributed by atoms with Crippen LogP contribution in [0.3, 0.4) is 0 Å². The van der Waals surface area contributed by atoms with Crippen LogP contribution in [0.15, 0.2) is 65.7 Å². The molecule has 1 unspecified atom stereocenters. The number of halogens is 1. The Bertz CT molecular complexity index is 1390. The second kappa shape index (κ2) is 14.7. The fourth-order valence-corrected chi connectivity index (χ4v) is 6.53. The van der Waals surface area contributed by atoms with Gasteiger partial charge in [0.25, 0.3) is 0 Å². The predicted molar refractivity (Wildman–Crippen MR) is 154 cm³/mol. The summed E-state index contributed by atoms with van der Waals surface area (Å²) in [6.45, 7) is 2.66. The number of hydrogen-bond acceptors (Lipinski definition) is 10. The first kappa shape index (κ1) is 30.8. The van der Waals surface area contributed by atoms with Gasteiger partial charge in [0.15, 0.2) is 0 Å². The van der Waals surface area contributed by atoms with Gasteiger partial charge in [0.05, 0.1) is 4.90 Å². The van der Waals surface area contributed by atoms with E-state index < -0.39 is 18.3 Å². The first-order valence-corrected chi connectivity index (χ1v) is 15.8. The van der Waals surface area contributed by atoms with Crippen molar-refractivity contribution in [3.63, 3.8) is 0 Å². The predicted octanol–water partition coefficient (Wildman–Crippen LogP) is 3.57. The number of nitrogens with one attached hydrogen (secondary N) is 2. The van der Waals surface area contributed by atoms with Crippen molar-refractivity contribution in [1.82, 2.24) is 19.2 Å². The van der Waals surface area contributed by atoms with E-state index in [0.29, 0.717) is 75.1 Å². The highest BCUT2D eigenvalue weighted by Crippen LogP contribution is 2.27. The summed E-state index contributed by atoms with van der Waals surface area (Å²) in [6, 6.07) is 13.8. The number of rotatable bonds is 14. The molecule has 1 atom stereocenters. The third kappa shape index (κ3) is 8.94. The van der Waals surface area contributed by atoms with Crippen molar-refractivity contribution in [2.24, 2.45) is 5.73 Å². The zero-order chi connectivity index (χ0) is 29.2. The van der Waals surface area contributed by atoms with Crippen LogP contribution in [0.4, 0.5) is 27.5 Å². The first-order chi connectivity index (χ1) is 19.7. The van der Waals surface area contributed by atoms with E-state index in [4.69, 9.17) is 15.2 Å². The molecule has 0 saturated carbocycles. The summed E-state index contributed by atoms with van der Waals surface area (Å²) in [4.78, 5) is 19.7. The van der Waals surface area contributed by atoms with Crippen LogP contribution in [0.1, 0.15) is 19.3 Å². The third-order valence-corrected chi connectivity index (χ3v) is 9.02. The Morgan fingerprint density at radius 2 is 1.73 bits per heavy atom. The molecule has 1 aliphatic rings. The van der Waals surface area contributed by atoms with Crippen LogP contribution < -0.4 is 16.4 Å². The van der Waals surface area contributed by atoms with Crippen LogP contribution in [0, 0.1) is 5.82 Å². The van der Waals surface area contributed by atoms with E-state index >= 15 is 0 Å². The van der Waals surface area contributed by atoms with Gasteiger partial charge in [-0.15, -0.1) is 9.42 Å². The lowest BCUT2D eigenvalue weighted by Crippen LogP contribution is -2.48. The summed E-state index contributed by atoms with van der Waals surface area (Å²) in [5.41, 5.74) is 6.99. The number of hydrogen-bond donors (Lipinski definition) is 4. The Hall–Kier alpha value is -3.10. The molecule has 4 rings (SSSR count). The summed E-state index contributed by atoms with van der Waals surface area (Å²) in [5.74, 6) is 0.479. The first-order valence-electron chi connectivity index (χ1n) is 13.2. The molecule has 15 heteroatoms. The molecule has 2 aromatic carbocycles. The highest BCUT2D eigenvalue weighted by molar-refractivity contribution is 7.89. The Morgan fingerprint density at radius 1 is 1.07 bits per heavy atom. The van der Waals surface area contributed by atoms with Gasteiger partial charge in [0.2, 0.25) is 16.0 Å². The Kier molecular flexibility index (Phi) is 11.1. The van der Waals surface area contributed by atoms with Crippen LogP contribution in [-0.4, -0.2) is 77.9 Å². The zero-order valence-corrected chi connectivity index (χ0v) is 24.1. The second-order valence-electron chi connectivity index (χ2n) is 9.45. The van der Waals surface area contributed by atoms with E-state index in [1.807, 2.05) is 0 Å². The van der Waals surface area contributed by atoms with Gasteiger partial charge in [0, 0.05) is 41.3 Å². The molecule has 0 aliphatic carbocycles. The lowest BCUT2D eigenvalue weighted by atomic mass is 10.0. The average Bonchev–Trinajstić information content (AvgIpc) is 2.95. The number of benzene rings is 2. The minimum atomic E-state index is -3.79. The topological polar surface area (TPSA) is 163 Å². The summed E-state index contributed by atoms with van der Waals surface area (Å²) in [7, 11) is -6.41. The molecule has 0 spiro atoms. The van der Waals surface area contributed by atoms with Gasteiger partial charge in [-0.25, -0.2) is 17.8 Å². The zero-order valence-electron chi connectivity index (χ0n) is 22.4. The quantitative estimate of drug-likeness (QED) is 0.198. The number of nitrogens with zero attached hydrogens (tertiary/aromatic N) is 4. The highest BCUT2D eigenvalue weighted by atomic mass is 32.2. The Morgan fingerprint density at radius 3 is 2.39 bits per heavy atom. The SMILES string of the molecule is NCCCN(C1CCN(CCO[P+](=O)O)CC1)S(=O)(=O)c1ccc(Nc2nccc(Nc3ccc(F)cc3)n2)cc1. The van der Waals surface area contributed by atoms with E-state index in [1.165, 1.54) is 12.1 Å². The molecule has 3 aromatic rings. The molecule has 0 amide bonds. The fourth-order valence-electron chi connectivity index (χ4n) is 4.57. The molecule has 2 heterocycles. The maximum Gasteiger partial charge on any atom is 0.694 e. The van der Waals surface area contributed by atoms with Crippen molar-refractivity contribution in [2.45, 2.75) is 30.2 Å². The van der Waals surface area contributed by atoms with Crippen molar-refractivity contribution < 1.29 is 26.8 Å². The van der Waals surface area contributed by atoms with Crippen LogP contribution in [0.2, 0.25) is 0 Å². The van der Waals surface area contributed by atoms with Crippen molar-refractivity contribution in [2.75, 3.05) is 50.0 Å². The summed E-state index contributed by atoms with van der Waals surface area (Å²) in [6.07, 6.45) is 3.38. The molecule has 5 N–H and O–H groups in total. The molecular weight excluding hydrogens is 572 g/mol. The number of sulfonamides is 1. The minimum absolute atomic E-state index is 0.145. The molecule has 0 radical (unpaired) electrons. The second-order valence-corrected chi connectivity index (χ2v) is 12.1. The number of aromatic nitrogens is 2. The molecule has 1 saturated heterocycles. The minimum Gasteiger partial charge on any atom is -0.340 e. The standard InChI is InChI=1S/C26H33FN7O5PS/c27-20-2-4-21(5-3-20)30-25-10-14-29-26(32-25)31-22-6-8-24(9-7-22)41(37,38)34(15-1-13-28)23-11-16-33(17-12-23)18-19-39-40(35)36/h2-10,14,23H,1,11-13,15-19,28H2,(H2-,29,30,31,32,35,36)/p+1. The van der Waals surface area contributed by atoms with E-state index in [0.717, 1.165) is 0 Å². The molecule has 0 bridgehead atoms. The lowest BCUT2D eigenvalue weighted by Gasteiger charge is -2.37. The van der Waals surface area contributed by atoms with Crippen LogP contribution in [0.5, 0.6) is 0 Å². The summed E-state index contributed by atoms with van der Waals surface area (Å²) >= 11 is 0. The largest absolute Gasteiger partial charge is 0.694 e. The molecule has 41 heavy (non-hydrogen) atoms. The van der Waals surface area contributed by atoms with E-state index in [1.54, 1.807) is 53.0 Å². The molecule has 220 valence electrons.